The van der Waals surface area contributed by atoms with Crippen LogP contribution in [0.1, 0.15) is 42.0 Å². The van der Waals surface area contributed by atoms with Crippen LogP contribution in [-0.4, -0.2) is 55.0 Å². The van der Waals surface area contributed by atoms with Crippen molar-refractivity contribution in [2.45, 2.75) is 43.4 Å². The van der Waals surface area contributed by atoms with Crippen LogP contribution in [0.4, 0.5) is 13.2 Å². The highest BCUT2D eigenvalue weighted by atomic mass is 32.2. The Kier molecular flexibility index (Phi) is 6.14. The van der Waals surface area contributed by atoms with Gasteiger partial charge in [-0.05, 0) is 68.3 Å². The lowest BCUT2D eigenvalue weighted by molar-refractivity contribution is -0.137. The lowest BCUT2D eigenvalue weighted by atomic mass is 9.97. The van der Waals surface area contributed by atoms with Gasteiger partial charge in [-0.1, -0.05) is 23.9 Å². The highest BCUT2D eigenvalue weighted by Gasteiger charge is 2.57. The Morgan fingerprint density at radius 2 is 1.88 bits per heavy atom. The van der Waals surface area contributed by atoms with Crippen molar-refractivity contribution >= 4 is 11.8 Å². The van der Waals surface area contributed by atoms with Gasteiger partial charge < -0.3 is 9.47 Å². The van der Waals surface area contributed by atoms with Crippen molar-refractivity contribution in [3.8, 4) is 11.5 Å². The van der Waals surface area contributed by atoms with Gasteiger partial charge in [-0.3, -0.25) is 4.98 Å². The number of halogens is 3. The molecule has 0 radical (unpaired) electrons. The standard InChI is InChI=1S/C24H27F3N6S/c1-16-20(29-10-9-28-16)21-30-31-22(32(21)2)34-13-3-11-33-12-8-23(15-33)14-19(23)17-4-6-18(7-5-17)24(25,26)27/h4-7,9-10,19H,3,8,11-15H2,1-2H3/t19?,23-/m0/s1. The van der Waals surface area contributed by atoms with Crippen LogP contribution in [0.2, 0.25) is 0 Å². The summed E-state index contributed by atoms with van der Waals surface area (Å²) in [5, 5.41) is 9.49. The minimum atomic E-state index is -4.27. The number of hydrogen-bond donors (Lipinski definition) is 0. The molecule has 1 saturated carbocycles. The maximum absolute atomic E-state index is 12.8. The molecule has 6 nitrogen and oxygen atoms in total. The van der Waals surface area contributed by atoms with Gasteiger partial charge in [0.15, 0.2) is 11.0 Å². The van der Waals surface area contributed by atoms with Crippen molar-refractivity contribution in [2.75, 3.05) is 25.4 Å². The summed E-state index contributed by atoms with van der Waals surface area (Å²) in [5.74, 6) is 2.05. The van der Waals surface area contributed by atoms with E-state index < -0.39 is 11.7 Å². The van der Waals surface area contributed by atoms with Crippen molar-refractivity contribution in [2.24, 2.45) is 12.5 Å². The van der Waals surface area contributed by atoms with Crippen molar-refractivity contribution in [1.82, 2.24) is 29.6 Å². The SMILES string of the molecule is Cc1nccnc1-c1nnc(SCCCN2CC[C@]3(CC3c3ccc(C(F)(F)F)cc3)C2)n1C. The van der Waals surface area contributed by atoms with Gasteiger partial charge in [-0.15, -0.1) is 10.2 Å². The maximum atomic E-state index is 12.8. The molecular weight excluding hydrogens is 461 g/mol. The van der Waals surface area contributed by atoms with Crippen molar-refractivity contribution in [3.05, 3.63) is 53.5 Å². The fraction of sp³-hybridized carbons (Fsp3) is 0.500. The van der Waals surface area contributed by atoms with Gasteiger partial charge in [0.25, 0.3) is 0 Å². The Morgan fingerprint density at radius 1 is 1.12 bits per heavy atom. The molecule has 3 heterocycles. The first-order chi connectivity index (χ1) is 16.3. The summed E-state index contributed by atoms with van der Waals surface area (Å²) < 4.78 is 40.5. The number of nitrogens with zero attached hydrogens (tertiary/aromatic N) is 6. The quantitative estimate of drug-likeness (QED) is 0.346. The molecule has 0 amide bonds. The van der Waals surface area contributed by atoms with Gasteiger partial charge in [0.05, 0.1) is 11.3 Å². The largest absolute Gasteiger partial charge is 0.416 e. The number of benzene rings is 1. The zero-order chi connectivity index (χ0) is 23.9. The Hall–Kier alpha value is -2.46. The van der Waals surface area contributed by atoms with E-state index in [9.17, 15) is 13.2 Å². The molecule has 1 aliphatic heterocycles. The third-order valence-electron chi connectivity index (χ3n) is 7.07. The molecule has 0 N–H and O–H groups in total. The molecule has 2 atom stereocenters. The fourth-order valence-electron chi connectivity index (χ4n) is 5.08. The second-order valence-corrected chi connectivity index (χ2v) is 10.4. The summed E-state index contributed by atoms with van der Waals surface area (Å²) in [7, 11) is 1.95. The van der Waals surface area contributed by atoms with E-state index in [0.717, 1.165) is 72.6 Å². The number of likely N-dealkylation sites (tertiary alicyclic amines) is 1. The lowest BCUT2D eigenvalue weighted by Crippen LogP contribution is -2.23. The zero-order valence-electron chi connectivity index (χ0n) is 19.2. The third kappa shape index (κ3) is 4.57. The molecule has 2 aromatic heterocycles. The van der Waals surface area contributed by atoms with E-state index in [-0.39, 0.29) is 5.41 Å². The highest BCUT2D eigenvalue weighted by molar-refractivity contribution is 7.99. The van der Waals surface area contributed by atoms with Crippen LogP contribution < -0.4 is 0 Å². The minimum Gasteiger partial charge on any atom is -0.304 e. The summed E-state index contributed by atoms with van der Waals surface area (Å²) >= 11 is 1.69. The molecule has 3 aromatic rings. The molecule has 180 valence electrons. The van der Waals surface area contributed by atoms with Crippen LogP contribution in [0.15, 0.2) is 41.8 Å². The highest BCUT2D eigenvalue weighted by Crippen LogP contribution is 2.64. The molecule has 5 rings (SSSR count). The molecule has 2 fully saturated rings. The van der Waals surface area contributed by atoms with Gasteiger partial charge in [0.1, 0.15) is 5.69 Å². The normalized spacial score (nSPS) is 22.6. The smallest absolute Gasteiger partial charge is 0.304 e. The summed E-state index contributed by atoms with van der Waals surface area (Å²) in [6, 6.07) is 5.77. The molecule has 1 aromatic carbocycles. The average molecular weight is 489 g/mol. The first-order valence-electron chi connectivity index (χ1n) is 11.5. The second kappa shape index (κ2) is 8.96. The second-order valence-electron chi connectivity index (χ2n) is 9.32. The maximum Gasteiger partial charge on any atom is 0.416 e. The molecule has 1 spiro atoms. The number of aromatic nitrogens is 5. The van der Waals surface area contributed by atoms with Crippen LogP contribution in [0, 0.1) is 12.3 Å². The molecule has 10 heteroatoms. The van der Waals surface area contributed by atoms with Crippen LogP contribution in [-0.2, 0) is 13.2 Å². The van der Waals surface area contributed by atoms with E-state index in [1.54, 1.807) is 36.3 Å². The van der Waals surface area contributed by atoms with Gasteiger partial charge in [0, 0.05) is 31.7 Å². The number of thioether (sulfide) groups is 1. The molecule has 1 unspecified atom stereocenters. The summed E-state index contributed by atoms with van der Waals surface area (Å²) in [4.78, 5) is 11.2. The monoisotopic (exact) mass is 488 g/mol. The Labute approximate surface area is 201 Å². The Bertz CT molecular complexity index is 1160. The topological polar surface area (TPSA) is 59.7 Å². The van der Waals surface area contributed by atoms with E-state index in [0.29, 0.717) is 5.92 Å². The van der Waals surface area contributed by atoms with Crippen LogP contribution in [0.25, 0.3) is 11.5 Å². The lowest BCUT2D eigenvalue weighted by Gasteiger charge is -2.16. The predicted molar refractivity (Wildman–Crippen MR) is 124 cm³/mol. The zero-order valence-corrected chi connectivity index (χ0v) is 20.0. The number of rotatable bonds is 7. The molecule has 34 heavy (non-hydrogen) atoms. The van der Waals surface area contributed by atoms with Gasteiger partial charge >= 0.3 is 6.18 Å². The van der Waals surface area contributed by atoms with Gasteiger partial charge in [-0.25, -0.2) is 4.98 Å². The predicted octanol–water partition coefficient (Wildman–Crippen LogP) is 4.96. The molecule has 2 aliphatic rings. The molecule has 0 bridgehead atoms. The van der Waals surface area contributed by atoms with Crippen LogP contribution in [0.5, 0.6) is 0 Å². The Balaban J connectivity index is 1.09. The number of aryl methyl sites for hydroxylation is 1. The first-order valence-corrected chi connectivity index (χ1v) is 12.5. The van der Waals surface area contributed by atoms with E-state index in [1.807, 2.05) is 18.5 Å². The fourth-order valence-corrected chi connectivity index (χ4v) is 5.91. The molecule has 1 aliphatic carbocycles. The first kappa shape index (κ1) is 23.3. The minimum absolute atomic E-state index is 0.250. The van der Waals surface area contributed by atoms with E-state index in [1.165, 1.54) is 12.1 Å². The molecular formula is C24H27F3N6S. The van der Waals surface area contributed by atoms with E-state index in [4.69, 9.17) is 0 Å². The summed E-state index contributed by atoms with van der Waals surface area (Å²) in [5.41, 5.74) is 2.30. The third-order valence-corrected chi connectivity index (χ3v) is 8.18. The van der Waals surface area contributed by atoms with E-state index in [2.05, 4.69) is 25.1 Å². The van der Waals surface area contributed by atoms with Crippen LogP contribution >= 0.6 is 11.8 Å². The van der Waals surface area contributed by atoms with Crippen molar-refractivity contribution in [1.29, 1.82) is 0 Å². The summed E-state index contributed by atoms with van der Waals surface area (Å²) in [6.07, 6.45) is 2.29. The van der Waals surface area contributed by atoms with Crippen molar-refractivity contribution in [3.63, 3.8) is 0 Å². The van der Waals surface area contributed by atoms with Crippen LogP contribution in [0.3, 0.4) is 0 Å². The van der Waals surface area contributed by atoms with Crippen molar-refractivity contribution < 1.29 is 13.2 Å². The van der Waals surface area contributed by atoms with Gasteiger partial charge in [-0.2, -0.15) is 13.2 Å². The Morgan fingerprint density at radius 3 is 2.62 bits per heavy atom. The van der Waals surface area contributed by atoms with E-state index >= 15 is 0 Å². The number of alkyl halides is 3. The number of hydrogen-bond acceptors (Lipinski definition) is 6. The average Bonchev–Trinajstić information content (AvgIpc) is 3.16. The summed E-state index contributed by atoms with van der Waals surface area (Å²) in [6.45, 7) is 5.02. The van der Waals surface area contributed by atoms with Gasteiger partial charge in [0.2, 0.25) is 0 Å². The molecule has 1 saturated heterocycles.